The molecule has 0 unspecified atom stereocenters. The molecule has 94 valence electrons. The van der Waals surface area contributed by atoms with Crippen LogP contribution in [-0.2, 0) is 11.3 Å². The molecule has 4 nitrogen and oxygen atoms in total. The van der Waals surface area contributed by atoms with Crippen molar-refractivity contribution in [2.45, 2.75) is 20.4 Å². The van der Waals surface area contributed by atoms with Crippen molar-refractivity contribution in [2.75, 3.05) is 37.7 Å². The third-order valence-corrected chi connectivity index (χ3v) is 3.02. The van der Waals surface area contributed by atoms with Crippen LogP contribution in [0, 0.1) is 6.92 Å². The Kier molecular flexibility index (Phi) is 4.34. The minimum absolute atomic E-state index is 0.821. The Morgan fingerprint density at radius 3 is 2.88 bits per heavy atom. The van der Waals surface area contributed by atoms with Gasteiger partial charge >= 0.3 is 0 Å². The average molecular weight is 235 g/mol. The summed E-state index contributed by atoms with van der Waals surface area (Å²) in [5.74, 6) is 0. The van der Waals surface area contributed by atoms with Crippen molar-refractivity contribution < 1.29 is 4.74 Å². The van der Waals surface area contributed by atoms with Gasteiger partial charge in [0, 0.05) is 42.8 Å². The maximum atomic E-state index is 5.40. The van der Waals surface area contributed by atoms with Crippen LogP contribution in [0.25, 0.3) is 0 Å². The summed E-state index contributed by atoms with van der Waals surface area (Å²) in [5.41, 5.74) is 3.66. The number of morpholine rings is 1. The molecular formula is C13H21N3O. The van der Waals surface area contributed by atoms with Gasteiger partial charge in [-0.1, -0.05) is 6.92 Å². The summed E-state index contributed by atoms with van der Waals surface area (Å²) in [6.07, 6.45) is 1.99. The summed E-state index contributed by atoms with van der Waals surface area (Å²) in [7, 11) is 0. The van der Waals surface area contributed by atoms with Crippen LogP contribution >= 0.6 is 0 Å². The van der Waals surface area contributed by atoms with Crippen LogP contribution in [0.3, 0.4) is 0 Å². The third kappa shape index (κ3) is 3.17. The lowest BCUT2D eigenvalue weighted by molar-refractivity contribution is 0.122. The average Bonchev–Trinajstić information content (AvgIpc) is 2.38. The summed E-state index contributed by atoms with van der Waals surface area (Å²) < 4.78 is 5.40. The Morgan fingerprint density at radius 1 is 1.41 bits per heavy atom. The van der Waals surface area contributed by atoms with Gasteiger partial charge in [0.25, 0.3) is 0 Å². The van der Waals surface area contributed by atoms with Crippen molar-refractivity contribution in [1.82, 2.24) is 10.3 Å². The van der Waals surface area contributed by atoms with Gasteiger partial charge in [0.1, 0.15) is 0 Å². The molecule has 1 saturated heterocycles. The molecule has 1 N–H and O–H groups in total. The van der Waals surface area contributed by atoms with Crippen LogP contribution in [0.4, 0.5) is 5.69 Å². The molecule has 0 amide bonds. The minimum atomic E-state index is 0.821. The molecule has 0 saturated carbocycles. The first-order valence-electron chi connectivity index (χ1n) is 6.30. The van der Waals surface area contributed by atoms with Gasteiger partial charge in [-0.05, 0) is 19.5 Å². The second-order valence-electron chi connectivity index (χ2n) is 4.33. The van der Waals surface area contributed by atoms with E-state index in [2.05, 4.69) is 28.2 Å². The standard InChI is InChI=1S/C13H21N3O/c1-3-14-9-12-10-15-11(2)8-13(12)16-4-6-17-7-5-16/h8,10,14H,3-7,9H2,1-2H3. The molecule has 1 fully saturated rings. The zero-order chi connectivity index (χ0) is 12.1. The highest BCUT2D eigenvalue weighted by Gasteiger charge is 2.15. The summed E-state index contributed by atoms with van der Waals surface area (Å²) in [6, 6.07) is 2.18. The Balaban J connectivity index is 2.19. The van der Waals surface area contributed by atoms with Crippen molar-refractivity contribution in [1.29, 1.82) is 0 Å². The number of nitrogens with one attached hydrogen (secondary N) is 1. The molecular weight excluding hydrogens is 214 g/mol. The van der Waals surface area contributed by atoms with Crippen molar-refractivity contribution in [3.63, 3.8) is 0 Å². The molecule has 2 rings (SSSR count). The molecule has 0 atom stereocenters. The Labute approximate surface area is 103 Å². The summed E-state index contributed by atoms with van der Waals surface area (Å²) in [4.78, 5) is 6.78. The lowest BCUT2D eigenvalue weighted by Crippen LogP contribution is -2.37. The highest BCUT2D eigenvalue weighted by molar-refractivity contribution is 5.53. The fourth-order valence-electron chi connectivity index (χ4n) is 2.07. The van der Waals surface area contributed by atoms with E-state index in [1.807, 2.05) is 13.1 Å². The summed E-state index contributed by atoms with van der Waals surface area (Å²) in [5, 5.41) is 3.37. The molecule has 1 aliphatic rings. The predicted octanol–water partition coefficient (Wildman–Crippen LogP) is 1.34. The zero-order valence-electron chi connectivity index (χ0n) is 10.7. The molecule has 17 heavy (non-hydrogen) atoms. The topological polar surface area (TPSA) is 37.4 Å². The van der Waals surface area contributed by atoms with Crippen LogP contribution in [0.5, 0.6) is 0 Å². The van der Waals surface area contributed by atoms with Gasteiger partial charge in [-0.3, -0.25) is 4.98 Å². The van der Waals surface area contributed by atoms with E-state index in [-0.39, 0.29) is 0 Å². The Bertz CT molecular complexity index is 362. The number of nitrogens with zero attached hydrogens (tertiary/aromatic N) is 2. The van der Waals surface area contributed by atoms with Gasteiger partial charge in [-0.2, -0.15) is 0 Å². The first-order valence-corrected chi connectivity index (χ1v) is 6.30. The fraction of sp³-hybridized carbons (Fsp3) is 0.615. The monoisotopic (exact) mass is 235 g/mol. The van der Waals surface area contributed by atoms with Gasteiger partial charge in [-0.15, -0.1) is 0 Å². The molecule has 1 aromatic rings. The number of hydrogen-bond donors (Lipinski definition) is 1. The largest absolute Gasteiger partial charge is 0.378 e. The van der Waals surface area contributed by atoms with Gasteiger partial charge in [0.2, 0.25) is 0 Å². The number of aromatic nitrogens is 1. The van der Waals surface area contributed by atoms with Gasteiger partial charge in [0.15, 0.2) is 0 Å². The van der Waals surface area contributed by atoms with Crippen LogP contribution in [0.2, 0.25) is 0 Å². The van der Waals surface area contributed by atoms with E-state index in [9.17, 15) is 0 Å². The molecule has 2 heterocycles. The van der Waals surface area contributed by atoms with Crippen molar-refractivity contribution in [3.05, 3.63) is 23.5 Å². The van der Waals surface area contributed by atoms with Gasteiger partial charge < -0.3 is 15.0 Å². The smallest absolute Gasteiger partial charge is 0.0642 e. The molecule has 0 bridgehead atoms. The fourth-order valence-corrected chi connectivity index (χ4v) is 2.07. The van der Waals surface area contributed by atoms with Crippen LogP contribution in [0.15, 0.2) is 12.3 Å². The van der Waals surface area contributed by atoms with E-state index in [4.69, 9.17) is 4.74 Å². The van der Waals surface area contributed by atoms with Crippen molar-refractivity contribution >= 4 is 5.69 Å². The third-order valence-electron chi connectivity index (χ3n) is 3.02. The molecule has 0 spiro atoms. The second kappa shape index (κ2) is 5.98. The lowest BCUT2D eigenvalue weighted by atomic mass is 10.1. The first-order chi connectivity index (χ1) is 8.31. The van der Waals surface area contributed by atoms with E-state index >= 15 is 0 Å². The van der Waals surface area contributed by atoms with E-state index in [1.165, 1.54) is 11.3 Å². The van der Waals surface area contributed by atoms with Crippen molar-refractivity contribution in [2.24, 2.45) is 0 Å². The molecule has 0 aromatic carbocycles. The number of rotatable bonds is 4. The minimum Gasteiger partial charge on any atom is -0.378 e. The first kappa shape index (κ1) is 12.3. The van der Waals surface area contributed by atoms with Gasteiger partial charge in [0.05, 0.1) is 13.2 Å². The molecule has 0 radical (unpaired) electrons. The number of ether oxygens (including phenoxy) is 1. The SMILES string of the molecule is CCNCc1cnc(C)cc1N1CCOCC1. The van der Waals surface area contributed by atoms with E-state index in [0.717, 1.165) is 45.1 Å². The highest BCUT2D eigenvalue weighted by Crippen LogP contribution is 2.21. The Hall–Kier alpha value is -1.13. The number of aryl methyl sites for hydroxylation is 1. The van der Waals surface area contributed by atoms with Crippen LogP contribution in [0.1, 0.15) is 18.2 Å². The molecule has 1 aromatic heterocycles. The van der Waals surface area contributed by atoms with E-state index < -0.39 is 0 Å². The quantitative estimate of drug-likeness (QED) is 0.854. The predicted molar refractivity (Wildman–Crippen MR) is 69.4 cm³/mol. The summed E-state index contributed by atoms with van der Waals surface area (Å²) in [6.45, 7) is 9.62. The summed E-state index contributed by atoms with van der Waals surface area (Å²) >= 11 is 0. The van der Waals surface area contributed by atoms with Crippen LogP contribution < -0.4 is 10.2 Å². The van der Waals surface area contributed by atoms with Crippen molar-refractivity contribution in [3.8, 4) is 0 Å². The molecule has 4 heteroatoms. The highest BCUT2D eigenvalue weighted by atomic mass is 16.5. The maximum Gasteiger partial charge on any atom is 0.0642 e. The second-order valence-corrected chi connectivity index (χ2v) is 4.33. The van der Waals surface area contributed by atoms with Crippen LogP contribution in [-0.4, -0.2) is 37.8 Å². The number of hydrogen-bond acceptors (Lipinski definition) is 4. The van der Waals surface area contributed by atoms with Gasteiger partial charge in [-0.25, -0.2) is 0 Å². The number of pyridine rings is 1. The lowest BCUT2D eigenvalue weighted by Gasteiger charge is -2.30. The normalized spacial score (nSPS) is 16.2. The molecule has 1 aliphatic heterocycles. The van der Waals surface area contributed by atoms with E-state index in [1.54, 1.807) is 0 Å². The van der Waals surface area contributed by atoms with E-state index in [0.29, 0.717) is 0 Å². The zero-order valence-corrected chi connectivity index (χ0v) is 10.7. The maximum absolute atomic E-state index is 5.40. The number of anilines is 1. The Morgan fingerprint density at radius 2 is 2.18 bits per heavy atom. The molecule has 0 aliphatic carbocycles.